The number of carbonyl (C=O) groups excluding carboxylic acids is 3. The number of nitrogens with one attached hydrogen (secondary N) is 2. The molecule has 0 bridgehead atoms. The summed E-state index contributed by atoms with van der Waals surface area (Å²) in [6.45, 7) is 0. The Bertz CT molecular complexity index is 1160. The number of rotatable bonds is 5. The molecule has 3 unspecified atom stereocenters. The predicted molar refractivity (Wildman–Crippen MR) is 128 cm³/mol. The van der Waals surface area contributed by atoms with Crippen LogP contribution in [0.5, 0.6) is 0 Å². The summed E-state index contributed by atoms with van der Waals surface area (Å²) < 4.78 is 5.10. The zero-order chi connectivity index (χ0) is 23.5. The van der Waals surface area contributed by atoms with Crippen LogP contribution in [0.1, 0.15) is 53.0 Å². The number of benzene rings is 2. The minimum absolute atomic E-state index is 0.0777. The Morgan fingerprint density at radius 3 is 2.24 bits per heavy atom. The molecule has 1 aliphatic carbocycles. The number of nitrogens with zero attached hydrogens (tertiary/aromatic N) is 1. The van der Waals surface area contributed by atoms with Crippen molar-refractivity contribution in [1.82, 2.24) is 4.90 Å². The van der Waals surface area contributed by atoms with Crippen LogP contribution in [0.15, 0.2) is 77.4 Å². The SMILES string of the molecule is O=C(Nc1ccc(NC(=O)C2CC3CCCCC3N2C(=O)c2ccccc2)cc1)c1ccco1. The molecule has 7 heteroatoms. The zero-order valence-electron chi connectivity index (χ0n) is 18.8. The summed E-state index contributed by atoms with van der Waals surface area (Å²) in [5, 5.41) is 5.73. The van der Waals surface area contributed by atoms with Crippen LogP contribution >= 0.6 is 0 Å². The molecule has 3 amide bonds. The fourth-order valence-corrected chi connectivity index (χ4v) is 5.18. The molecule has 7 nitrogen and oxygen atoms in total. The van der Waals surface area contributed by atoms with E-state index in [1.165, 1.54) is 6.26 Å². The van der Waals surface area contributed by atoms with Gasteiger partial charge < -0.3 is 20.0 Å². The van der Waals surface area contributed by atoms with Crippen LogP contribution in [0.4, 0.5) is 11.4 Å². The third-order valence-corrected chi connectivity index (χ3v) is 6.80. The van der Waals surface area contributed by atoms with E-state index in [2.05, 4.69) is 10.6 Å². The van der Waals surface area contributed by atoms with Crippen molar-refractivity contribution in [3.05, 3.63) is 84.3 Å². The lowest BCUT2D eigenvalue weighted by atomic mass is 9.84. The van der Waals surface area contributed by atoms with Gasteiger partial charge in [0.1, 0.15) is 6.04 Å². The highest BCUT2D eigenvalue weighted by molar-refractivity contribution is 6.03. The van der Waals surface area contributed by atoms with Crippen LogP contribution in [0.2, 0.25) is 0 Å². The maximum Gasteiger partial charge on any atom is 0.291 e. The molecule has 0 spiro atoms. The summed E-state index contributed by atoms with van der Waals surface area (Å²) in [5.74, 6) is -0.0118. The van der Waals surface area contributed by atoms with Crippen molar-refractivity contribution in [2.45, 2.75) is 44.2 Å². The molecule has 3 atom stereocenters. The van der Waals surface area contributed by atoms with Crippen molar-refractivity contribution in [3.8, 4) is 0 Å². The van der Waals surface area contributed by atoms with E-state index in [0.29, 0.717) is 29.3 Å². The highest BCUT2D eigenvalue weighted by Gasteiger charge is 2.47. The van der Waals surface area contributed by atoms with Crippen molar-refractivity contribution < 1.29 is 18.8 Å². The summed E-state index contributed by atoms with van der Waals surface area (Å²) in [6, 6.07) is 19.0. The van der Waals surface area contributed by atoms with Crippen molar-refractivity contribution in [3.63, 3.8) is 0 Å². The number of amides is 3. The number of anilines is 2. The zero-order valence-corrected chi connectivity index (χ0v) is 18.8. The Kier molecular flexibility index (Phi) is 6.16. The molecule has 2 heterocycles. The topological polar surface area (TPSA) is 91.7 Å². The lowest BCUT2D eigenvalue weighted by Crippen LogP contribution is -2.47. The Labute approximate surface area is 198 Å². The second-order valence-corrected chi connectivity index (χ2v) is 8.94. The monoisotopic (exact) mass is 457 g/mol. The Morgan fingerprint density at radius 2 is 1.53 bits per heavy atom. The van der Waals surface area contributed by atoms with E-state index < -0.39 is 6.04 Å². The van der Waals surface area contributed by atoms with Crippen LogP contribution in [0.3, 0.4) is 0 Å². The molecule has 2 N–H and O–H groups in total. The molecule has 5 rings (SSSR count). The van der Waals surface area contributed by atoms with Crippen molar-refractivity contribution in [2.75, 3.05) is 10.6 Å². The van der Waals surface area contributed by atoms with E-state index in [9.17, 15) is 14.4 Å². The van der Waals surface area contributed by atoms with Gasteiger partial charge in [-0.05, 0) is 73.7 Å². The summed E-state index contributed by atoms with van der Waals surface area (Å²) in [6.07, 6.45) is 6.35. The molecule has 1 saturated heterocycles. The Balaban J connectivity index is 1.29. The average molecular weight is 458 g/mol. The number of hydrogen-bond donors (Lipinski definition) is 2. The van der Waals surface area contributed by atoms with Crippen LogP contribution in [-0.4, -0.2) is 34.7 Å². The van der Waals surface area contributed by atoms with Crippen LogP contribution in [0.25, 0.3) is 0 Å². The van der Waals surface area contributed by atoms with E-state index in [1.54, 1.807) is 36.4 Å². The maximum atomic E-state index is 13.4. The molecule has 1 aromatic heterocycles. The number of carbonyl (C=O) groups is 3. The molecule has 0 radical (unpaired) electrons. The van der Waals surface area contributed by atoms with Gasteiger partial charge in [-0.2, -0.15) is 0 Å². The number of hydrogen-bond acceptors (Lipinski definition) is 4. The third kappa shape index (κ3) is 4.46. The number of fused-ring (bicyclic) bond motifs is 1. The fraction of sp³-hybridized carbons (Fsp3) is 0.296. The second kappa shape index (κ2) is 9.55. The molecule has 2 aromatic carbocycles. The number of furan rings is 1. The van der Waals surface area contributed by atoms with Crippen LogP contribution < -0.4 is 10.6 Å². The van der Waals surface area contributed by atoms with E-state index in [-0.39, 0.29) is 29.5 Å². The summed E-state index contributed by atoms with van der Waals surface area (Å²) in [7, 11) is 0. The first-order valence-corrected chi connectivity index (χ1v) is 11.7. The minimum Gasteiger partial charge on any atom is -0.459 e. The smallest absolute Gasteiger partial charge is 0.291 e. The van der Waals surface area contributed by atoms with Crippen molar-refractivity contribution in [2.24, 2.45) is 5.92 Å². The van der Waals surface area contributed by atoms with Crippen molar-refractivity contribution >= 4 is 29.1 Å². The Morgan fingerprint density at radius 1 is 0.824 bits per heavy atom. The van der Waals surface area contributed by atoms with Crippen LogP contribution in [-0.2, 0) is 4.79 Å². The van der Waals surface area contributed by atoms with Gasteiger partial charge in [-0.15, -0.1) is 0 Å². The predicted octanol–water partition coefficient (Wildman–Crippen LogP) is 4.94. The van der Waals surface area contributed by atoms with Crippen molar-refractivity contribution in [1.29, 1.82) is 0 Å². The van der Waals surface area contributed by atoms with E-state index in [4.69, 9.17) is 4.42 Å². The summed E-state index contributed by atoms with van der Waals surface area (Å²) in [4.78, 5) is 40.7. The minimum atomic E-state index is -0.501. The second-order valence-electron chi connectivity index (χ2n) is 8.94. The largest absolute Gasteiger partial charge is 0.459 e. The molecule has 1 saturated carbocycles. The standard InChI is InChI=1S/C27H27N3O4/c31-25(28-20-12-14-21(15-13-20)29-26(32)24-11-6-16-34-24)23-17-19-9-4-5-10-22(19)30(23)27(33)18-7-2-1-3-8-18/h1-3,6-8,11-16,19,22-23H,4-5,9-10,17H2,(H,28,31)(H,29,32). The van der Waals surface area contributed by atoms with E-state index in [1.807, 2.05) is 35.2 Å². The quantitative estimate of drug-likeness (QED) is 0.567. The maximum absolute atomic E-state index is 13.4. The molecule has 1 aliphatic heterocycles. The first-order chi connectivity index (χ1) is 16.6. The average Bonchev–Trinajstić information content (AvgIpc) is 3.54. The van der Waals surface area contributed by atoms with E-state index >= 15 is 0 Å². The lowest BCUT2D eigenvalue weighted by Gasteiger charge is -2.33. The van der Waals surface area contributed by atoms with Gasteiger partial charge in [-0.25, -0.2) is 0 Å². The van der Waals surface area contributed by atoms with Gasteiger partial charge in [-0.3, -0.25) is 14.4 Å². The summed E-state index contributed by atoms with van der Waals surface area (Å²) >= 11 is 0. The molecule has 174 valence electrons. The van der Waals surface area contributed by atoms with Gasteiger partial charge in [0.15, 0.2) is 5.76 Å². The van der Waals surface area contributed by atoms with E-state index in [0.717, 1.165) is 25.7 Å². The molecular weight excluding hydrogens is 430 g/mol. The Hall–Kier alpha value is -3.87. The van der Waals surface area contributed by atoms with Gasteiger partial charge in [0.25, 0.3) is 11.8 Å². The fourth-order valence-electron chi connectivity index (χ4n) is 5.18. The van der Waals surface area contributed by atoms with Gasteiger partial charge in [0.2, 0.25) is 5.91 Å². The van der Waals surface area contributed by atoms with Gasteiger partial charge >= 0.3 is 0 Å². The molecule has 2 aliphatic rings. The highest BCUT2D eigenvalue weighted by Crippen LogP contribution is 2.40. The third-order valence-electron chi connectivity index (χ3n) is 6.80. The molecule has 3 aromatic rings. The van der Waals surface area contributed by atoms with Gasteiger partial charge in [-0.1, -0.05) is 31.0 Å². The van der Waals surface area contributed by atoms with Gasteiger partial charge in [0.05, 0.1) is 6.26 Å². The lowest BCUT2D eigenvalue weighted by molar-refractivity contribution is -0.120. The highest BCUT2D eigenvalue weighted by atomic mass is 16.3. The molecular formula is C27H27N3O4. The number of likely N-dealkylation sites (tertiary alicyclic amines) is 1. The first-order valence-electron chi connectivity index (χ1n) is 11.7. The van der Waals surface area contributed by atoms with Gasteiger partial charge in [0, 0.05) is 23.0 Å². The van der Waals surface area contributed by atoms with Crippen LogP contribution in [0, 0.1) is 5.92 Å². The molecule has 34 heavy (non-hydrogen) atoms. The normalized spacial score (nSPS) is 21.5. The summed E-state index contributed by atoms with van der Waals surface area (Å²) in [5.41, 5.74) is 1.82. The molecule has 2 fully saturated rings. The first kappa shape index (κ1) is 21.9.